The number of nitrogens with one attached hydrogen (secondary N) is 1. The van der Waals surface area contributed by atoms with Crippen LogP contribution in [0.15, 0.2) is 30.3 Å². The third-order valence-electron chi connectivity index (χ3n) is 3.69. The maximum atomic E-state index is 12.1. The number of rotatable bonds is 2. The molecule has 2 heterocycles. The standard InChI is InChI=1S/C16H17N3O2/c1-11-8-12(13-4-2-3-5-14(13)18-11)10-19-7-6-15(20)17-9-16(19)21/h2-5,8H,6-7,9-10H2,1H3,(H,17,20). The summed E-state index contributed by atoms with van der Waals surface area (Å²) >= 11 is 0. The van der Waals surface area contributed by atoms with Crippen LogP contribution >= 0.6 is 0 Å². The Balaban J connectivity index is 1.93. The Labute approximate surface area is 123 Å². The highest BCUT2D eigenvalue weighted by atomic mass is 16.2. The minimum Gasteiger partial charge on any atom is -0.347 e. The van der Waals surface area contributed by atoms with Gasteiger partial charge in [0.1, 0.15) is 0 Å². The number of aryl methyl sites for hydroxylation is 1. The van der Waals surface area contributed by atoms with Crippen LogP contribution < -0.4 is 5.32 Å². The van der Waals surface area contributed by atoms with Gasteiger partial charge in [-0.05, 0) is 24.6 Å². The molecule has 0 aliphatic carbocycles. The van der Waals surface area contributed by atoms with Gasteiger partial charge in [-0.25, -0.2) is 0 Å². The third-order valence-corrected chi connectivity index (χ3v) is 3.69. The molecule has 2 aromatic rings. The van der Waals surface area contributed by atoms with Gasteiger partial charge in [-0.3, -0.25) is 14.6 Å². The summed E-state index contributed by atoms with van der Waals surface area (Å²) in [5.41, 5.74) is 2.94. The van der Waals surface area contributed by atoms with Crippen LogP contribution in [0.5, 0.6) is 0 Å². The summed E-state index contributed by atoms with van der Waals surface area (Å²) in [6.45, 7) is 3.00. The van der Waals surface area contributed by atoms with Crippen molar-refractivity contribution in [2.24, 2.45) is 0 Å². The van der Waals surface area contributed by atoms with Crippen molar-refractivity contribution in [2.75, 3.05) is 13.1 Å². The number of benzene rings is 1. The van der Waals surface area contributed by atoms with Crippen molar-refractivity contribution in [3.05, 3.63) is 41.6 Å². The Morgan fingerprint density at radius 3 is 2.95 bits per heavy atom. The topological polar surface area (TPSA) is 62.3 Å². The Morgan fingerprint density at radius 1 is 1.29 bits per heavy atom. The molecule has 1 N–H and O–H groups in total. The molecule has 5 heteroatoms. The molecule has 1 aromatic heterocycles. The highest BCUT2D eigenvalue weighted by molar-refractivity contribution is 5.88. The first-order valence-corrected chi connectivity index (χ1v) is 7.03. The fraction of sp³-hybridized carbons (Fsp3) is 0.312. The summed E-state index contributed by atoms with van der Waals surface area (Å²) in [5.74, 6) is -0.110. The molecule has 1 aromatic carbocycles. The van der Waals surface area contributed by atoms with E-state index in [4.69, 9.17) is 0 Å². The summed E-state index contributed by atoms with van der Waals surface area (Å²) in [4.78, 5) is 29.7. The molecule has 1 saturated heterocycles. The third kappa shape index (κ3) is 2.86. The normalized spacial score (nSPS) is 16.0. The smallest absolute Gasteiger partial charge is 0.242 e. The largest absolute Gasteiger partial charge is 0.347 e. The molecule has 21 heavy (non-hydrogen) atoms. The van der Waals surface area contributed by atoms with Crippen LogP contribution in [0.25, 0.3) is 10.9 Å². The average Bonchev–Trinajstić information content (AvgIpc) is 2.62. The zero-order valence-corrected chi connectivity index (χ0v) is 11.9. The molecule has 108 valence electrons. The van der Waals surface area contributed by atoms with Crippen LogP contribution in [0.3, 0.4) is 0 Å². The summed E-state index contributed by atoms with van der Waals surface area (Å²) in [6.07, 6.45) is 0.355. The van der Waals surface area contributed by atoms with Gasteiger partial charge in [-0.1, -0.05) is 18.2 Å². The second-order valence-corrected chi connectivity index (χ2v) is 5.28. The fourth-order valence-electron chi connectivity index (χ4n) is 2.63. The van der Waals surface area contributed by atoms with Crippen LogP contribution in [-0.4, -0.2) is 34.8 Å². The summed E-state index contributed by atoms with van der Waals surface area (Å²) in [6, 6.07) is 9.93. The molecule has 1 aliphatic heterocycles. The zero-order valence-electron chi connectivity index (χ0n) is 11.9. The SMILES string of the molecule is Cc1cc(CN2CCC(=O)NCC2=O)c2ccccc2n1. The number of hydrogen-bond acceptors (Lipinski definition) is 3. The lowest BCUT2D eigenvalue weighted by Gasteiger charge is -2.21. The van der Waals surface area contributed by atoms with Crippen molar-refractivity contribution in [2.45, 2.75) is 19.9 Å². The molecule has 2 amide bonds. The number of pyridine rings is 1. The Hall–Kier alpha value is -2.43. The summed E-state index contributed by atoms with van der Waals surface area (Å²) < 4.78 is 0. The van der Waals surface area contributed by atoms with E-state index in [2.05, 4.69) is 10.3 Å². The lowest BCUT2D eigenvalue weighted by atomic mass is 10.1. The lowest BCUT2D eigenvalue weighted by Crippen LogP contribution is -2.34. The molecule has 0 atom stereocenters. The molecular weight excluding hydrogens is 266 g/mol. The van der Waals surface area contributed by atoms with Gasteiger partial charge in [-0.2, -0.15) is 0 Å². The number of para-hydroxylation sites is 1. The van der Waals surface area contributed by atoms with E-state index in [0.717, 1.165) is 22.2 Å². The second-order valence-electron chi connectivity index (χ2n) is 5.28. The van der Waals surface area contributed by atoms with Gasteiger partial charge in [0, 0.05) is 30.6 Å². The Bertz CT molecular complexity index is 712. The van der Waals surface area contributed by atoms with Gasteiger partial charge in [0.25, 0.3) is 0 Å². The van der Waals surface area contributed by atoms with Crippen molar-refractivity contribution in [1.82, 2.24) is 15.2 Å². The van der Waals surface area contributed by atoms with E-state index >= 15 is 0 Å². The summed E-state index contributed by atoms with van der Waals surface area (Å²) in [7, 11) is 0. The number of aromatic nitrogens is 1. The van der Waals surface area contributed by atoms with E-state index in [-0.39, 0.29) is 18.4 Å². The second kappa shape index (κ2) is 5.52. The van der Waals surface area contributed by atoms with E-state index in [9.17, 15) is 9.59 Å². The first-order chi connectivity index (χ1) is 10.1. The first kappa shape index (κ1) is 13.5. The molecule has 1 fully saturated rings. The molecule has 0 radical (unpaired) electrons. The van der Waals surface area contributed by atoms with E-state index < -0.39 is 0 Å². The number of nitrogens with zero attached hydrogens (tertiary/aromatic N) is 2. The van der Waals surface area contributed by atoms with E-state index in [1.807, 2.05) is 37.3 Å². The van der Waals surface area contributed by atoms with Crippen molar-refractivity contribution >= 4 is 22.7 Å². The number of amides is 2. The highest BCUT2D eigenvalue weighted by Gasteiger charge is 2.20. The van der Waals surface area contributed by atoms with Crippen molar-refractivity contribution < 1.29 is 9.59 Å². The minimum absolute atomic E-state index is 0.0422. The molecule has 0 unspecified atom stereocenters. The number of fused-ring (bicyclic) bond motifs is 1. The molecule has 3 rings (SSSR count). The van der Waals surface area contributed by atoms with Gasteiger partial charge in [0.05, 0.1) is 12.1 Å². The Kier molecular flexibility index (Phi) is 3.56. The van der Waals surface area contributed by atoms with Crippen molar-refractivity contribution in [1.29, 1.82) is 0 Å². The van der Waals surface area contributed by atoms with Gasteiger partial charge >= 0.3 is 0 Å². The average molecular weight is 283 g/mol. The van der Waals surface area contributed by atoms with Crippen LogP contribution in [0.4, 0.5) is 0 Å². The maximum Gasteiger partial charge on any atom is 0.242 e. The van der Waals surface area contributed by atoms with Gasteiger partial charge in [0.15, 0.2) is 0 Å². The predicted octanol–water partition coefficient (Wildman–Crippen LogP) is 1.39. The van der Waals surface area contributed by atoms with Crippen LogP contribution in [0, 0.1) is 6.92 Å². The molecule has 0 saturated carbocycles. The van der Waals surface area contributed by atoms with Gasteiger partial charge in [0.2, 0.25) is 11.8 Å². The van der Waals surface area contributed by atoms with Crippen LogP contribution in [-0.2, 0) is 16.1 Å². The van der Waals surface area contributed by atoms with Crippen molar-refractivity contribution in [3.63, 3.8) is 0 Å². The first-order valence-electron chi connectivity index (χ1n) is 7.03. The highest BCUT2D eigenvalue weighted by Crippen LogP contribution is 2.20. The summed E-state index contributed by atoms with van der Waals surface area (Å²) in [5, 5.41) is 3.67. The minimum atomic E-state index is -0.0679. The van der Waals surface area contributed by atoms with Gasteiger partial charge in [-0.15, -0.1) is 0 Å². The monoisotopic (exact) mass is 283 g/mol. The van der Waals surface area contributed by atoms with Crippen molar-refractivity contribution in [3.8, 4) is 0 Å². The molecule has 5 nitrogen and oxygen atoms in total. The molecule has 0 spiro atoms. The lowest BCUT2D eigenvalue weighted by molar-refractivity contribution is -0.130. The van der Waals surface area contributed by atoms with E-state index in [0.29, 0.717) is 19.5 Å². The fourth-order valence-corrected chi connectivity index (χ4v) is 2.63. The number of hydrogen-bond donors (Lipinski definition) is 1. The molecular formula is C16H17N3O2. The maximum absolute atomic E-state index is 12.1. The predicted molar refractivity (Wildman–Crippen MR) is 79.5 cm³/mol. The van der Waals surface area contributed by atoms with E-state index in [1.165, 1.54) is 0 Å². The van der Waals surface area contributed by atoms with Crippen LogP contribution in [0.2, 0.25) is 0 Å². The number of carbonyl (C=O) groups is 2. The van der Waals surface area contributed by atoms with Crippen LogP contribution in [0.1, 0.15) is 17.7 Å². The van der Waals surface area contributed by atoms with E-state index in [1.54, 1.807) is 4.90 Å². The van der Waals surface area contributed by atoms with Gasteiger partial charge < -0.3 is 10.2 Å². The molecule has 1 aliphatic rings. The molecule has 0 bridgehead atoms. The number of carbonyl (C=O) groups excluding carboxylic acids is 2. The quantitative estimate of drug-likeness (QED) is 0.906. The Morgan fingerprint density at radius 2 is 2.10 bits per heavy atom. The zero-order chi connectivity index (χ0) is 14.8.